The molecule has 0 unspecified atom stereocenters. The number of aryl methyl sites for hydroxylation is 1. The van der Waals surface area contributed by atoms with E-state index in [1.54, 1.807) is 24.3 Å². The average Bonchev–Trinajstić information content (AvgIpc) is 2.79. The van der Waals surface area contributed by atoms with Crippen molar-refractivity contribution in [3.8, 4) is 22.6 Å². The van der Waals surface area contributed by atoms with Crippen LogP contribution in [0.5, 0.6) is 11.5 Å². The van der Waals surface area contributed by atoms with Crippen molar-refractivity contribution in [2.75, 3.05) is 12.4 Å². The SMILES string of the molecule is COc1cccc(-c2cc([C@H](CC(=O)O)NC(=O)Nc3c(O)ccn(C)c3=O)ccc2F)c1. The van der Waals surface area contributed by atoms with Gasteiger partial charge in [-0.25, -0.2) is 9.18 Å². The lowest BCUT2D eigenvalue weighted by Crippen LogP contribution is -2.36. The minimum absolute atomic E-state index is 0.193. The van der Waals surface area contributed by atoms with Crippen LogP contribution in [0.2, 0.25) is 0 Å². The molecule has 2 amide bonds. The third-order valence-electron chi connectivity index (χ3n) is 4.94. The predicted octanol–water partition coefficient (Wildman–Crippen LogP) is 3.24. The Hall–Kier alpha value is -4.34. The Labute approximate surface area is 188 Å². The number of ether oxygens (including phenoxy) is 1. The van der Waals surface area contributed by atoms with Crippen LogP contribution in [0.15, 0.2) is 59.5 Å². The zero-order valence-electron chi connectivity index (χ0n) is 17.8. The molecule has 0 aliphatic rings. The van der Waals surface area contributed by atoms with Crippen LogP contribution in [-0.2, 0) is 11.8 Å². The number of carbonyl (C=O) groups excluding carboxylic acids is 1. The number of nitrogens with zero attached hydrogens (tertiary/aromatic N) is 1. The highest BCUT2D eigenvalue weighted by molar-refractivity contribution is 5.91. The lowest BCUT2D eigenvalue weighted by Gasteiger charge is -2.19. The highest BCUT2D eigenvalue weighted by Crippen LogP contribution is 2.30. The second-order valence-electron chi connectivity index (χ2n) is 7.21. The van der Waals surface area contributed by atoms with Crippen LogP contribution in [0.4, 0.5) is 14.9 Å². The number of nitrogens with one attached hydrogen (secondary N) is 2. The van der Waals surface area contributed by atoms with Gasteiger partial charge in [-0.1, -0.05) is 18.2 Å². The summed E-state index contributed by atoms with van der Waals surface area (Å²) in [4.78, 5) is 36.1. The zero-order valence-corrected chi connectivity index (χ0v) is 17.8. The smallest absolute Gasteiger partial charge is 0.319 e. The van der Waals surface area contributed by atoms with E-state index in [9.17, 15) is 29.0 Å². The van der Waals surface area contributed by atoms with E-state index < -0.39 is 41.6 Å². The van der Waals surface area contributed by atoms with Crippen LogP contribution < -0.4 is 20.9 Å². The van der Waals surface area contributed by atoms with Gasteiger partial charge in [0.15, 0.2) is 5.69 Å². The van der Waals surface area contributed by atoms with Gasteiger partial charge in [0.05, 0.1) is 19.6 Å². The zero-order chi connectivity index (χ0) is 24.1. The number of amides is 2. The van der Waals surface area contributed by atoms with Gasteiger partial charge in [-0.15, -0.1) is 0 Å². The number of aromatic hydroxyl groups is 1. The first-order valence-corrected chi connectivity index (χ1v) is 9.81. The molecule has 1 atom stereocenters. The number of hydrogen-bond donors (Lipinski definition) is 4. The number of aromatic nitrogens is 1. The van der Waals surface area contributed by atoms with E-state index in [1.165, 1.54) is 44.6 Å². The van der Waals surface area contributed by atoms with E-state index >= 15 is 0 Å². The van der Waals surface area contributed by atoms with Crippen LogP contribution in [0.3, 0.4) is 0 Å². The maximum Gasteiger partial charge on any atom is 0.319 e. The Kier molecular flexibility index (Phi) is 6.97. The molecular weight excluding hydrogens is 433 g/mol. The van der Waals surface area contributed by atoms with E-state index in [0.717, 1.165) is 4.57 Å². The van der Waals surface area contributed by atoms with Gasteiger partial charge in [-0.2, -0.15) is 0 Å². The molecule has 0 aliphatic heterocycles. The monoisotopic (exact) mass is 455 g/mol. The maximum absolute atomic E-state index is 14.6. The molecule has 0 aliphatic carbocycles. The van der Waals surface area contributed by atoms with Gasteiger partial charge >= 0.3 is 12.0 Å². The van der Waals surface area contributed by atoms with Gasteiger partial charge in [0.2, 0.25) is 0 Å². The summed E-state index contributed by atoms with van der Waals surface area (Å²) in [6.07, 6.45) is 0.821. The molecule has 4 N–H and O–H groups in total. The second kappa shape index (κ2) is 9.86. The first-order chi connectivity index (χ1) is 15.7. The molecule has 0 fully saturated rings. The molecule has 0 spiro atoms. The Balaban J connectivity index is 1.92. The van der Waals surface area contributed by atoms with Crippen molar-refractivity contribution in [1.29, 1.82) is 0 Å². The number of carbonyl (C=O) groups is 2. The number of halogens is 1. The molecule has 172 valence electrons. The standard InChI is InChI=1S/C23H22FN3O6/c1-27-9-8-19(28)21(22(27)31)26-23(32)25-18(12-20(29)30)14-6-7-17(24)16(11-14)13-4-3-5-15(10-13)33-2/h3-11,18,28H,12H2,1-2H3,(H,29,30)(H2,25,26,32)/t18-/m0/s1. The van der Waals surface area contributed by atoms with E-state index in [2.05, 4.69) is 10.6 Å². The predicted molar refractivity (Wildman–Crippen MR) is 119 cm³/mol. The largest absolute Gasteiger partial charge is 0.505 e. The van der Waals surface area contributed by atoms with Crippen molar-refractivity contribution >= 4 is 17.7 Å². The van der Waals surface area contributed by atoms with Gasteiger partial charge in [-0.05, 0) is 41.5 Å². The van der Waals surface area contributed by atoms with E-state index in [1.807, 2.05) is 0 Å². The molecule has 0 radical (unpaired) electrons. The normalized spacial score (nSPS) is 11.5. The summed E-state index contributed by atoms with van der Waals surface area (Å²) in [6, 6.07) is 9.94. The molecule has 0 bridgehead atoms. The van der Waals surface area contributed by atoms with Crippen LogP contribution >= 0.6 is 0 Å². The lowest BCUT2D eigenvalue weighted by atomic mass is 9.97. The first kappa shape index (κ1) is 23.3. The lowest BCUT2D eigenvalue weighted by molar-refractivity contribution is -0.137. The van der Waals surface area contributed by atoms with Gasteiger partial charge in [0, 0.05) is 18.8 Å². The number of rotatable bonds is 7. The number of benzene rings is 2. The third-order valence-corrected chi connectivity index (χ3v) is 4.94. The number of urea groups is 1. The summed E-state index contributed by atoms with van der Waals surface area (Å²) in [5.74, 6) is -1.67. The summed E-state index contributed by atoms with van der Waals surface area (Å²) in [6.45, 7) is 0. The summed E-state index contributed by atoms with van der Waals surface area (Å²) in [7, 11) is 2.92. The topological polar surface area (TPSA) is 130 Å². The van der Waals surface area contributed by atoms with E-state index in [0.29, 0.717) is 16.9 Å². The Morgan fingerprint density at radius 1 is 1.18 bits per heavy atom. The van der Waals surface area contributed by atoms with Gasteiger partial charge < -0.3 is 30.2 Å². The summed E-state index contributed by atoms with van der Waals surface area (Å²) < 4.78 is 20.9. The van der Waals surface area contributed by atoms with E-state index in [-0.39, 0.29) is 11.3 Å². The second-order valence-corrected chi connectivity index (χ2v) is 7.21. The molecule has 0 saturated carbocycles. The number of hydrogen-bond acceptors (Lipinski definition) is 5. The van der Waals surface area contributed by atoms with Crippen molar-refractivity contribution in [3.05, 3.63) is 76.5 Å². The molecular formula is C23H22FN3O6. The molecule has 2 aromatic carbocycles. The molecule has 3 rings (SSSR count). The van der Waals surface area contributed by atoms with Crippen LogP contribution in [0.1, 0.15) is 18.0 Å². The highest BCUT2D eigenvalue weighted by atomic mass is 19.1. The van der Waals surface area contributed by atoms with E-state index in [4.69, 9.17) is 4.74 Å². The fourth-order valence-corrected chi connectivity index (χ4v) is 3.24. The molecule has 10 heteroatoms. The Morgan fingerprint density at radius 2 is 1.94 bits per heavy atom. The van der Waals surface area contributed by atoms with Gasteiger partial charge in [0.1, 0.15) is 17.3 Å². The fourth-order valence-electron chi connectivity index (χ4n) is 3.24. The highest BCUT2D eigenvalue weighted by Gasteiger charge is 2.21. The fraction of sp³-hybridized carbons (Fsp3) is 0.174. The molecule has 3 aromatic rings. The van der Waals surface area contributed by atoms with Crippen LogP contribution in [0, 0.1) is 5.82 Å². The maximum atomic E-state index is 14.6. The van der Waals surface area contributed by atoms with Crippen molar-refractivity contribution in [3.63, 3.8) is 0 Å². The average molecular weight is 455 g/mol. The number of anilines is 1. The first-order valence-electron chi connectivity index (χ1n) is 9.81. The van der Waals surface area contributed by atoms with Crippen molar-refractivity contribution in [2.24, 2.45) is 7.05 Å². The number of pyridine rings is 1. The number of carboxylic acids is 1. The third kappa shape index (κ3) is 5.48. The van der Waals surface area contributed by atoms with Crippen molar-refractivity contribution in [2.45, 2.75) is 12.5 Å². The minimum atomic E-state index is -1.20. The molecule has 0 saturated heterocycles. The molecule has 9 nitrogen and oxygen atoms in total. The van der Waals surface area contributed by atoms with Gasteiger partial charge in [0.25, 0.3) is 5.56 Å². The molecule has 33 heavy (non-hydrogen) atoms. The van der Waals surface area contributed by atoms with Gasteiger partial charge in [-0.3, -0.25) is 9.59 Å². The quantitative estimate of drug-likeness (QED) is 0.433. The van der Waals surface area contributed by atoms with Crippen molar-refractivity contribution < 1.29 is 28.9 Å². The Bertz CT molecular complexity index is 1260. The summed E-state index contributed by atoms with van der Waals surface area (Å²) in [5, 5.41) is 23.9. The molecule has 1 heterocycles. The number of carboxylic acid groups (broad SMARTS) is 1. The summed E-state index contributed by atoms with van der Waals surface area (Å²) in [5.41, 5.74) is 0.0187. The van der Waals surface area contributed by atoms with Crippen LogP contribution in [0.25, 0.3) is 11.1 Å². The Morgan fingerprint density at radius 3 is 2.64 bits per heavy atom. The summed E-state index contributed by atoms with van der Waals surface area (Å²) >= 11 is 0. The number of aliphatic carboxylic acids is 1. The van der Waals surface area contributed by atoms with Crippen LogP contribution in [-0.4, -0.2) is 33.9 Å². The molecule has 1 aromatic heterocycles. The minimum Gasteiger partial charge on any atom is -0.505 e. The van der Waals surface area contributed by atoms with Crippen molar-refractivity contribution in [1.82, 2.24) is 9.88 Å². The number of methoxy groups -OCH3 is 1.